The predicted octanol–water partition coefficient (Wildman–Crippen LogP) is 0.614. The van der Waals surface area contributed by atoms with Gasteiger partial charge in [-0.15, -0.1) is 0 Å². The largest absolute Gasteiger partial charge is 0.463 e. The van der Waals surface area contributed by atoms with Crippen LogP contribution >= 0.6 is 0 Å². The van der Waals surface area contributed by atoms with Crippen molar-refractivity contribution in [2.24, 2.45) is 28.4 Å². The van der Waals surface area contributed by atoms with Gasteiger partial charge in [0.15, 0.2) is 23.7 Å². The van der Waals surface area contributed by atoms with E-state index in [4.69, 9.17) is 25.6 Å². The molecule has 4 aliphatic rings. The molecule has 0 aromatic heterocycles. The highest BCUT2D eigenvalue weighted by atomic mass is 19.1. The maximum atomic E-state index is 17.2. The Morgan fingerprint density at radius 3 is 2.51 bits per heavy atom. The Balaban J connectivity index is 1.35. The Hall–Kier alpha value is -2.63. The number of Topliss-reactive ketones (excluding diaryl/α,β-unsaturated/α-hetero) is 1. The molecule has 0 spiro atoms. The first-order chi connectivity index (χ1) is 21.0. The molecule has 3 saturated carbocycles. The fourth-order valence-corrected chi connectivity index (χ4v) is 8.10. The topological polar surface area (TPSA) is 226 Å². The molecule has 252 valence electrons. The number of carbonyl (C=O) groups excluding carboxylic acids is 4. The number of alkyl halides is 1. The summed E-state index contributed by atoms with van der Waals surface area (Å²) in [5.74, 6) is -4.60. The number of ketones is 2. The van der Waals surface area contributed by atoms with Gasteiger partial charge in [0, 0.05) is 23.2 Å². The number of nitrogens with zero attached hydrogens (tertiary/aromatic N) is 1. The molecule has 4 aliphatic carbocycles. The lowest BCUT2D eigenvalue weighted by Crippen LogP contribution is -2.69. The average Bonchev–Trinajstić information content (AvgIpc) is 3.18. The third-order valence-electron chi connectivity index (χ3n) is 10.6. The van der Waals surface area contributed by atoms with Crippen molar-refractivity contribution in [1.29, 1.82) is 0 Å². The van der Waals surface area contributed by atoms with Crippen LogP contribution in [0.1, 0.15) is 65.2 Å². The Morgan fingerprint density at radius 2 is 1.82 bits per heavy atom. The van der Waals surface area contributed by atoms with Crippen molar-refractivity contribution >= 4 is 23.5 Å². The third-order valence-corrected chi connectivity index (χ3v) is 10.6. The number of unbranched alkanes of at least 4 members (excludes halogenated alkanes) is 2. The zero-order chi connectivity index (χ0) is 33.4. The van der Waals surface area contributed by atoms with Gasteiger partial charge in [-0.1, -0.05) is 25.0 Å². The van der Waals surface area contributed by atoms with Gasteiger partial charge in [0.25, 0.3) is 0 Å². The lowest BCUT2D eigenvalue weighted by Gasteiger charge is -2.62. The van der Waals surface area contributed by atoms with Gasteiger partial charge in [-0.2, -0.15) is 0 Å². The molecule has 0 amide bonds. The molecule has 45 heavy (non-hydrogen) atoms. The van der Waals surface area contributed by atoms with Crippen LogP contribution in [0.2, 0.25) is 0 Å². The van der Waals surface area contributed by atoms with Gasteiger partial charge in [0.2, 0.25) is 5.78 Å². The minimum absolute atomic E-state index is 0.00502. The molecule has 14 nitrogen and oxygen atoms in total. The summed E-state index contributed by atoms with van der Waals surface area (Å²) in [7, 11) is 0. The van der Waals surface area contributed by atoms with E-state index in [1.54, 1.807) is 6.92 Å². The van der Waals surface area contributed by atoms with Gasteiger partial charge in [0.1, 0.15) is 12.6 Å². The van der Waals surface area contributed by atoms with Crippen molar-refractivity contribution in [3.05, 3.63) is 23.8 Å². The van der Waals surface area contributed by atoms with Crippen molar-refractivity contribution in [2.75, 3.05) is 19.8 Å². The van der Waals surface area contributed by atoms with Crippen molar-refractivity contribution < 1.29 is 63.6 Å². The maximum absolute atomic E-state index is 17.2. The molecule has 0 aromatic rings. The molecule has 0 saturated heterocycles. The summed E-state index contributed by atoms with van der Waals surface area (Å²) < 4.78 is 27.2. The Bertz CT molecular complexity index is 1240. The number of nitrogens with two attached hydrogens (primary N) is 1. The summed E-state index contributed by atoms with van der Waals surface area (Å²) in [6.07, 6.45) is 2.35. The highest BCUT2D eigenvalue weighted by molar-refractivity contribution is 6.01. The number of hydrogen-bond acceptors (Lipinski definition) is 14. The zero-order valence-corrected chi connectivity index (χ0v) is 25.4. The van der Waals surface area contributed by atoms with E-state index in [1.165, 1.54) is 25.2 Å². The lowest BCUT2D eigenvalue weighted by atomic mass is 9.44. The second-order valence-corrected chi connectivity index (χ2v) is 13.0. The maximum Gasteiger partial charge on any atom is 0.326 e. The number of carbonyl (C=O) groups is 4. The molecule has 15 heteroatoms. The minimum Gasteiger partial charge on any atom is -0.463 e. The van der Waals surface area contributed by atoms with Crippen LogP contribution in [0.5, 0.6) is 0 Å². The molecule has 0 heterocycles. The van der Waals surface area contributed by atoms with E-state index in [9.17, 15) is 34.5 Å². The highest BCUT2D eigenvalue weighted by Gasteiger charge is 2.76. The predicted molar refractivity (Wildman–Crippen MR) is 149 cm³/mol. The molecule has 7 N–H and O–H groups in total. The molecular formula is C30H43FN2O12. The highest BCUT2D eigenvalue weighted by Crippen LogP contribution is 2.69. The fourth-order valence-electron chi connectivity index (χ4n) is 8.10. The normalized spacial score (nSPS) is 37.7. The summed E-state index contributed by atoms with van der Waals surface area (Å²) in [6, 6.07) is -1.44. The molecule has 0 aromatic carbocycles. The van der Waals surface area contributed by atoms with Gasteiger partial charge in [0.05, 0.1) is 24.2 Å². The number of aliphatic hydroxyl groups excluding tert-OH is 2. The fraction of sp³-hybridized carbons (Fsp3) is 0.733. The quantitative estimate of drug-likeness (QED) is 0.0920. The van der Waals surface area contributed by atoms with E-state index in [0.29, 0.717) is 31.3 Å². The van der Waals surface area contributed by atoms with Crippen molar-refractivity contribution in [2.45, 2.75) is 94.7 Å². The van der Waals surface area contributed by atoms with Crippen LogP contribution in [0.3, 0.4) is 0 Å². The number of allylic oxidation sites excluding steroid dienone is 4. The first kappa shape index (κ1) is 35.2. The van der Waals surface area contributed by atoms with Gasteiger partial charge in [-0.3, -0.25) is 34.4 Å². The molecule has 0 aliphatic heterocycles. The molecule has 0 radical (unpaired) electrons. The molecule has 9 atom stereocenters. The molecule has 1 unspecified atom stereocenters. The smallest absolute Gasteiger partial charge is 0.326 e. The van der Waals surface area contributed by atoms with Crippen molar-refractivity contribution in [3.8, 4) is 0 Å². The summed E-state index contributed by atoms with van der Waals surface area (Å²) in [5.41, 5.74) is -1.13. The van der Waals surface area contributed by atoms with Gasteiger partial charge in [-0.05, 0) is 63.5 Å². The number of aliphatic hydroxyl groups is 3. The molecule has 0 bridgehead atoms. The number of ether oxygens (including phenoxy) is 2. The SMILES string of the molecule is C[C@]12C=CC(=O)C=C1CC[C@H]1[C@@H]3C[C@@H](O)[C@](O)(C(=O)COC(=O)C(N)COC(=O)CCCCCON(O)O)[C@@]3(C)C[C@H](O)[C@@]12F. The zero-order valence-electron chi connectivity index (χ0n) is 25.4. The Labute approximate surface area is 259 Å². The van der Waals surface area contributed by atoms with E-state index >= 15 is 4.39 Å². The van der Waals surface area contributed by atoms with Crippen LogP contribution in [0.25, 0.3) is 0 Å². The van der Waals surface area contributed by atoms with Crippen LogP contribution in [0.4, 0.5) is 4.39 Å². The second-order valence-electron chi connectivity index (χ2n) is 13.0. The van der Waals surface area contributed by atoms with E-state index in [1.807, 2.05) is 0 Å². The monoisotopic (exact) mass is 642 g/mol. The number of halogens is 1. The number of esters is 2. The van der Waals surface area contributed by atoms with Crippen molar-refractivity contribution in [3.63, 3.8) is 0 Å². The Kier molecular flexibility index (Phi) is 10.4. The molecule has 4 rings (SSSR count). The third kappa shape index (κ3) is 6.12. The van der Waals surface area contributed by atoms with Crippen molar-refractivity contribution in [1.82, 2.24) is 5.39 Å². The van der Waals surface area contributed by atoms with Crippen LogP contribution in [-0.2, 0) is 33.5 Å². The number of fused-ring (bicyclic) bond motifs is 5. The summed E-state index contributed by atoms with van der Waals surface area (Å²) in [6.45, 7) is 1.68. The molecule has 3 fully saturated rings. The summed E-state index contributed by atoms with van der Waals surface area (Å²) >= 11 is 0. The first-order valence-electron chi connectivity index (χ1n) is 15.2. The van der Waals surface area contributed by atoms with E-state index in [0.717, 1.165) is 0 Å². The van der Waals surface area contributed by atoms with Gasteiger partial charge < -0.3 is 30.5 Å². The van der Waals surface area contributed by atoms with Crippen LogP contribution in [0.15, 0.2) is 23.8 Å². The first-order valence-corrected chi connectivity index (χ1v) is 15.2. The van der Waals surface area contributed by atoms with Crippen LogP contribution in [-0.4, -0.2) is 104 Å². The number of rotatable bonds is 13. The summed E-state index contributed by atoms with van der Waals surface area (Å²) in [4.78, 5) is 54.2. The Morgan fingerprint density at radius 1 is 1.11 bits per heavy atom. The van der Waals surface area contributed by atoms with E-state index in [-0.39, 0.29) is 38.1 Å². The van der Waals surface area contributed by atoms with Crippen LogP contribution < -0.4 is 5.73 Å². The second kappa shape index (κ2) is 13.2. The van der Waals surface area contributed by atoms with Gasteiger partial charge in [-0.25, -0.2) is 4.39 Å². The van der Waals surface area contributed by atoms with E-state index < -0.39 is 88.5 Å². The summed E-state index contributed by atoms with van der Waals surface area (Å²) in [5, 5.41) is 50.7. The minimum atomic E-state index is -2.47. The number of hydrogen-bond donors (Lipinski definition) is 6. The average molecular weight is 643 g/mol. The standard InChI is InChI=1S/C30H43FN2O12/c1-27-10-9-18(34)12-17(27)7-8-19-20-13-22(35)30(40,28(20,2)14-23(36)29(19,27)31)24(37)16-44-26(39)21(32)15-43-25(38)6-4-3-5-11-45-33(41)42/h9-10,12,19-23,35-36,40-42H,3-8,11,13-16,32H2,1-2H3/t19-,20-,21?,22+,23-,27-,28-,29-,30-/m0/s1. The van der Waals surface area contributed by atoms with Gasteiger partial charge >= 0.3 is 11.9 Å². The van der Waals surface area contributed by atoms with Crippen LogP contribution in [0, 0.1) is 22.7 Å². The van der Waals surface area contributed by atoms with E-state index in [2.05, 4.69) is 4.84 Å². The lowest BCUT2D eigenvalue weighted by molar-refractivity contribution is -0.492. The molecular weight excluding hydrogens is 599 g/mol.